The minimum atomic E-state index is -0.588. The number of hydrogen-bond acceptors (Lipinski definition) is 3. The van der Waals surface area contributed by atoms with Crippen molar-refractivity contribution < 1.29 is 13.6 Å². The number of nitrogens with zero attached hydrogens (tertiary/aromatic N) is 1. The number of carbonyl (C=O) groups is 1. The van der Waals surface area contributed by atoms with Crippen LogP contribution in [0.15, 0.2) is 48.5 Å². The van der Waals surface area contributed by atoms with Gasteiger partial charge in [0.25, 0.3) is 0 Å². The van der Waals surface area contributed by atoms with Gasteiger partial charge in [0, 0.05) is 37.2 Å². The molecule has 7 heteroatoms. The first kappa shape index (κ1) is 21.3. The largest absolute Gasteiger partial charge is 0.355 e. The molecule has 0 saturated carbocycles. The molecule has 0 unspecified atom stereocenters. The Kier molecular flexibility index (Phi) is 7.71. The molecule has 0 aliphatic carbocycles. The number of rotatable bonds is 6. The van der Waals surface area contributed by atoms with Crippen LogP contribution < -0.4 is 11.1 Å². The van der Waals surface area contributed by atoms with Crippen LogP contribution in [0.25, 0.3) is 0 Å². The zero-order chi connectivity index (χ0) is 18.5. The number of carbonyl (C=O) groups excluding carboxylic acids is 1. The first-order chi connectivity index (χ1) is 12.5. The van der Waals surface area contributed by atoms with Gasteiger partial charge in [-0.25, -0.2) is 8.78 Å². The third kappa shape index (κ3) is 5.48. The van der Waals surface area contributed by atoms with Crippen LogP contribution in [0.3, 0.4) is 0 Å². The Labute approximate surface area is 164 Å². The highest BCUT2D eigenvalue weighted by Gasteiger charge is 2.31. The molecule has 0 spiro atoms. The van der Waals surface area contributed by atoms with Gasteiger partial charge in [0.15, 0.2) is 0 Å². The van der Waals surface area contributed by atoms with Crippen LogP contribution in [0.1, 0.15) is 17.0 Å². The topological polar surface area (TPSA) is 58.4 Å². The molecule has 1 aliphatic rings. The van der Waals surface area contributed by atoms with Crippen molar-refractivity contribution in [1.82, 2.24) is 10.2 Å². The zero-order valence-electron chi connectivity index (χ0n) is 14.9. The molecule has 1 fully saturated rings. The Morgan fingerprint density at radius 3 is 2.41 bits per heavy atom. The molecule has 1 saturated heterocycles. The molecule has 1 amide bonds. The van der Waals surface area contributed by atoms with Crippen LogP contribution in [0.5, 0.6) is 0 Å². The van der Waals surface area contributed by atoms with Gasteiger partial charge in [-0.1, -0.05) is 36.4 Å². The third-order valence-electron chi connectivity index (χ3n) is 4.79. The molecule has 3 N–H and O–H groups in total. The molecule has 0 bridgehead atoms. The molecule has 1 heterocycles. The Hall–Kier alpha value is -2.02. The minimum Gasteiger partial charge on any atom is -0.355 e. The number of halogens is 3. The lowest BCUT2D eigenvalue weighted by Gasteiger charge is -2.16. The van der Waals surface area contributed by atoms with E-state index in [0.717, 1.165) is 6.54 Å². The van der Waals surface area contributed by atoms with Crippen molar-refractivity contribution >= 4 is 18.3 Å². The maximum Gasteiger partial charge on any atom is 0.234 e. The van der Waals surface area contributed by atoms with Crippen molar-refractivity contribution in [3.8, 4) is 0 Å². The van der Waals surface area contributed by atoms with E-state index < -0.39 is 11.6 Å². The Morgan fingerprint density at radius 1 is 1.07 bits per heavy atom. The molecule has 146 valence electrons. The summed E-state index contributed by atoms with van der Waals surface area (Å²) in [6, 6.07) is 13.8. The fraction of sp³-hybridized carbons (Fsp3) is 0.350. The number of hydrogen-bond donors (Lipinski definition) is 2. The van der Waals surface area contributed by atoms with Gasteiger partial charge in [-0.2, -0.15) is 0 Å². The first-order valence-corrected chi connectivity index (χ1v) is 8.77. The van der Waals surface area contributed by atoms with Gasteiger partial charge in [0.2, 0.25) is 5.91 Å². The van der Waals surface area contributed by atoms with Crippen molar-refractivity contribution in [3.05, 3.63) is 71.3 Å². The summed E-state index contributed by atoms with van der Waals surface area (Å²) >= 11 is 0. The molecule has 3 rings (SSSR count). The maximum absolute atomic E-state index is 13.6. The summed E-state index contributed by atoms with van der Waals surface area (Å²) in [4.78, 5) is 14.1. The van der Waals surface area contributed by atoms with E-state index in [1.807, 2.05) is 23.1 Å². The fourth-order valence-electron chi connectivity index (χ4n) is 3.45. The Balaban J connectivity index is 0.00000261. The zero-order valence-corrected chi connectivity index (χ0v) is 15.7. The standard InChI is InChI=1S/C20H23F2N3O.ClH/c21-17-7-4-8-18(22)15(17)9-10-24-20(26)13-25-11-16(19(23)12-25)14-5-2-1-3-6-14;/h1-8,16,19H,9-13,23H2,(H,24,26);1H/t16-,19+;/m0./s1. The van der Waals surface area contributed by atoms with Crippen LogP contribution in [-0.4, -0.2) is 43.0 Å². The molecular weight excluding hydrogens is 372 g/mol. The SMILES string of the molecule is Cl.N[C@@H]1CN(CC(=O)NCCc2c(F)cccc2F)C[C@H]1c1ccccc1. The van der Waals surface area contributed by atoms with Gasteiger partial charge >= 0.3 is 0 Å². The summed E-state index contributed by atoms with van der Waals surface area (Å²) in [6.45, 7) is 1.80. The van der Waals surface area contributed by atoms with Crippen molar-refractivity contribution in [2.75, 3.05) is 26.2 Å². The molecule has 4 nitrogen and oxygen atoms in total. The lowest BCUT2D eigenvalue weighted by Crippen LogP contribution is -2.38. The molecule has 0 radical (unpaired) electrons. The monoisotopic (exact) mass is 395 g/mol. The van der Waals surface area contributed by atoms with E-state index in [1.54, 1.807) is 0 Å². The van der Waals surface area contributed by atoms with Crippen LogP contribution in [0.2, 0.25) is 0 Å². The second-order valence-electron chi connectivity index (χ2n) is 6.68. The highest BCUT2D eigenvalue weighted by atomic mass is 35.5. The number of nitrogens with one attached hydrogen (secondary N) is 1. The number of benzene rings is 2. The minimum absolute atomic E-state index is 0. The average Bonchev–Trinajstić information content (AvgIpc) is 2.98. The van der Waals surface area contributed by atoms with E-state index in [2.05, 4.69) is 17.4 Å². The van der Waals surface area contributed by atoms with Crippen molar-refractivity contribution in [2.24, 2.45) is 5.73 Å². The van der Waals surface area contributed by atoms with E-state index in [1.165, 1.54) is 23.8 Å². The smallest absolute Gasteiger partial charge is 0.234 e. The molecule has 1 aliphatic heterocycles. The average molecular weight is 396 g/mol. The van der Waals surface area contributed by atoms with E-state index in [9.17, 15) is 13.6 Å². The first-order valence-electron chi connectivity index (χ1n) is 8.77. The van der Waals surface area contributed by atoms with Crippen molar-refractivity contribution in [3.63, 3.8) is 0 Å². The fourth-order valence-corrected chi connectivity index (χ4v) is 3.45. The quantitative estimate of drug-likeness (QED) is 0.790. The van der Waals surface area contributed by atoms with Crippen molar-refractivity contribution in [1.29, 1.82) is 0 Å². The summed E-state index contributed by atoms with van der Waals surface area (Å²) in [5, 5.41) is 2.73. The van der Waals surface area contributed by atoms with E-state index in [4.69, 9.17) is 5.73 Å². The second kappa shape index (κ2) is 9.78. The van der Waals surface area contributed by atoms with Crippen molar-refractivity contribution in [2.45, 2.75) is 18.4 Å². The van der Waals surface area contributed by atoms with Gasteiger partial charge in [-0.3, -0.25) is 9.69 Å². The molecule has 2 aromatic carbocycles. The normalized spacial score (nSPS) is 19.5. The molecule has 2 atom stereocenters. The van der Waals surface area contributed by atoms with Crippen LogP contribution in [0, 0.1) is 11.6 Å². The molecular formula is C20H24ClF2N3O. The summed E-state index contributed by atoms with van der Waals surface area (Å²) < 4.78 is 27.1. The van der Waals surface area contributed by atoms with Gasteiger partial charge in [-0.15, -0.1) is 12.4 Å². The summed E-state index contributed by atoms with van der Waals surface area (Å²) in [5.41, 5.74) is 7.41. The maximum atomic E-state index is 13.6. The third-order valence-corrected chi connectivity index (χ3v) is 4.79. The summed E-state index contributed by atoms with van der Waals surface area (Å²) in [5.74, 6) is -1.13. The van der Waals surface area contributed by atoms with E-state index in [-0.39, 0.29) is 55.3 Å². The molecule has 27 heavy (non-hydrogen) atoms. The highest BCUT2D eigenvalue weighted by Crippen LogP contribution is 2.25. The van der Waals surface area contributed by atoms with Crippen LogP contribution in [-0.2, 0) is 11.2 Å². The van der Waals surface area contributed by atoms with Gasteiger partial charge < -0.3 is 11.1 Å². The lowest BCUT2D eigenvalue weighted by molar-refractivity contribution is -0.122. The number of likely N-dealkylation sites (tertiary alicyclic amines) is 1. The van der Waals surface area contributed by atoms with Crippen LogP contribution >= 0.6 is 12.4 Å². The predicted octanol–water partition coefficient (Wildman–Crippen LogP) is 2.47. The lowest BCUT2D eigenvalue weighted by atomic mass is 9.95. The van der Waals surface area contributed by atoms with Gasteiger partial charge in [0.1, 0.15) is 11.6 Å². The predicted molar refractivity (Wildman–Crippen MR) is 104 cm³/mol. The Bertz CT molecular complexity index is 740. The number of amides is 1. The second-order valence-corrected chi connectivity index (χ2v) is 6.68. The Morgan fingerprint density at radius 2 is 1.74 bits per heavy atom. The summed E-state index contributed by atoms with van der Waals surface area (Å²) in [7, 11) is 0. The molecule has 2 aromatic rings. The van der Waals surface area contributed by atoms with E-state index >= 15 is 0 Å². The number of nitrogens with two attached hydrogens (primary N) is 1. The summed E-state index contributed by atoms with van der Waals surface area (Å²) in [6.07, 6.45) is 0.121. The van der Waals surface area contributed by atoms with Crippen LogP contribution in [0.4, 0.5) is 8.78 Å². The van der Waals surface area contributed by atoms with E-state index in [0.29, 0.717) is 6.54 Å². The van der Waals surface area contributed by atoms with Gasteiger partial charge in [0.05, 0.1) is 6.54 Å². The molecule has 0 aromatic heterocycles. The van der Waals surface area contributed by atoms with Gasteiger partial charge in [-0.05, 0) is 24.1 Å². The highest BCUT2D eigenvalue weighted by molar-refractivity contribution is 5.85.